The van der Waals surface area contributed by atoms with Crippen molar-refractivity contribution >= 4 is 16.0 Å². The zero-order chi connectivity index (χ0) is 38.2. The first-order chi connectivity index (χ1) is 25.3. The van der Waals surface area contributed by atoms with Crippen LogP contribution in [-0.2, 0) is 14.9 Å². The average Bonchev–Trinajstić information content (AvgIpc) is 3.11. The predicted molar refractivity (Wildman–Crippen MR) is 226 cm³/mol. The Hall–Kier alpha value is -1.18. The molecule has 0 aliphatic carbocycles. The first-order valence-corrected chi connectivity index (χ1v) is 24.1. The normalized spacial score (nSPS) is 13.4. The number of aliphatic hydroxyl groups is 1. The van der Waals surface area contributed by atoms with E-state index in [2.05, 4.69) is 31.3 Å². The first-order valence-electron chi connectivity index (χ1n) is 22.5. The molecule has 0 bridgehead atoms. The summed E-state index contributed by atoms with van der Waals surface area (Å²) in [4.78, 5) is 12.5. The molecule has 0 aromatic heterocycles. The van der Waals surface area contributed by atoms with Crippen LogP contribution >= 0.6 is 0 Å². The van der Waals surface area contributed by atoms with Crippen LogP contribution in [0, 0.1) is 0 Å². The Morgan fingerprint density at radius 3 is 1.15 bits per heavy atom. The fourth-order valence-electron chi connectivity index (χ4n) is 6.97. The van der Waals surface area contributed by atoms with Crippen LogP contribution in [0.3, 0.4) is 0 Å². The highest BCUT2D eigenvalue weighted by molar-refractivity contribution is 7.85. The number of allylic oxidation sites excluding steroid dienone is 3. The monoisotopic (exact) mass is 754 g/mol. The Morgan fingerprint density at radius 1 is 0.500 bits per heavy atom. The Kier molecular flexibility index (Phi) is 38.6. The number of rotatable bonds is 41. The van der Waals surface area contributed by atoms with Gasteiger partial charge in [-0.05, 0) is 44.9 Å². The van der Waals surface area contributed by atoms with Gasteiger partial charge in [0.25, 0.3) is 10.1 Å². The molecule has 0 aliphatic heterocycles. The molecule has 7 heteroatoms. The van der Waals surface area contributed by atoms with E-state index < -0.39 is 28.0 Å². The van der Waals surface area contributed by atoms with E-state index in [-0.39, 0.29) is 5.91 Å². The lowest BCUT2D eigenvalue weighted by molar-refractivity contribution is -0.122. The van der Waals surface area contributed by atoms with Crippen molar-refractivity contribution in [2.24, 2.45) is 0 Å². The summed E-state index contributed by atoms with van der Waals surface area (Å²) >= 11 is 0. The van der Waals surface area contributed by atoms with Gasteiger partial charge in [-0.3, -0.25) is 9.35 Å². The van der Waals surface area contributed by atoms with Crippen LogP contribution in [0.4, 0.5) is 0 Å². The molecule has 2 atom stereocenters. The van der Waals surface area contributed by atoms with Gasteiger partial charge in [0.2, 0.25) is 5.91 Å². The minimum atomic E-state index is -4.34. The molecule has 3 N–H and O–H groups in total. The minimum Gasteiger partial charge on any atom is -0.387 e. The van der Waals surface area contributed by atoms with Crippen LogP contribution in [0.15, 0.2) is 24.3 Å². The zero-order valence-electron chi connectivity index (χ0n) is 34.4. The van der Waals surface area contributed by atoms with Crippen molar-refractivity contribution in [3.63, 3.8) is 0 Å². The second-order valence-electron chi connectivity index (χ2n) is 15.7. The van der Waals surface area contributed by atoms with Gasteiger partial charge in [-0.25, -0.2) is 0 Å². The van der Waals surface area contributed by atoms with Gasteiger partial charge >= 0.3 is 0 Å². The summed E-state index contributed by atoms with van der Waals surface area (Å²) in [5, 5.41) is 13.3. The Morgan fingerprint density at radius 2 is 0.808 bits per heavy atom. The summed E-state index contributed by atoms with van der Waals surface area (Å²) in [6.45, 7) is 4.54. The Labute approximate surface area is 324 Å². The van der Waals surface area contributed by atoms with Gasteiger partial charge < -0.3 is 10.4 Å². The highest BCUT2D eigenvalue weighted by atomic mass is 32.2. The SMILES string of the molecule is CCCCCCCC/C=C\CCCCCCCCCCCC(=O)NC(CS(=O)(=O)O)C(O)/C=C/CCCCCCCCCCCCCCCCCC. The van der Waals surface area contributed by atoms with E-state index in [1.54, 1.807) is 6.08 Å². The topological polar surface area (TPSA) is 104 Å². The molecule has 0 heterocycles. The molecule has 308 valence electrons. The quantitative estimate of drug-likeness (QED) is 0.0328. The second kappa shape index (κ2) is 39.5. The standard InChI is InChI=1S/C45H87NO5S/c1-3-5-7-9-11-13-15-17-19-21-23-25-27-29-31-33-35-37-39-41-45(48)46-43(42-52(49,50)51)44(47)40-38-36-34-32-30-28-26-24-22-20-18-16-14-12-10-8-6-4-2/h17,19,38,40,43-44,47H,3-16,18,20-37,39,41-42H2,1-2H3,(H,46,48)(H,49,50,51)/b19-17-,40-38+. The maximum Gasteiger partial charge on any atom is 0.267 e. The molecule has 0 aliphatic rings. The summed E-state index contributed by atoms with van der Waals surface area (Å²) in [6.07, 6.45) is 50.2. The third-order valence-electron chi connectivity index (χ3n) is 10.4. The number of aliphatic hydroxyl groups excluding tert-OH is 1. The molecule has 0 saturated carbocycles. The first kappa shape index (κ1) is 50.8. The van der Waals surface area contributed by atoms with Gasteiger partial charge in [0.1, 0.15) is 0 Å². The highest BCUT2D eigenvalue weighted by Gasteiger charge is 2.24. The fraction of sp³-hybridized carbons (Fsp3) is 0.889. The third-order valence-corrected chi connectivity index (χ3v) is 11.2. The lowest BCUT2D eigenvalue weighted by Gasteiger charge is -2.21. The van der Waals surface area contributed by atoms with Crippen molar-refractivity contribution < 1.29 is 22.9 Å². The molecule has 0 saturated heterocycles. The summed E-state index contributed by atoms with van der Waals surface area (Å²) in [6, 6.07) is -1.06. The summed E-state index contributed by atoms with van der Waals surface area (Å²) in [5.74, 6) is -0.974. The fourth-order valence-corrected chi connectivity index (χ4v) is 7.71. The van der Waals surface area contributed by atoms with Gasteiger partial charge in [-0.15, -0.1) is 0 Å². The molecule has 0 radical (unpaired) electrons. The van der Waals surface area contributed by atoms with Gasteiger partial charge in [-0.1, -0.05) is 212 Å². The number of amides is 1. The van der Waals surface area contributed by atoms with Crippen LogP contribution in [0.5, 0.6) is 0 Å². The van der Waals surface area contributed by atoms with Crippen LogP contribution in [0.25, 0.3) is 0 Å². The van der Waals surface area contributed by atoms with E-state index in [1.165, 1.54) is 180 Å². The van der Waals surface area contributed by atoms with Crippen LogP contribution in [0.2, 0.25) is 0 Å². The molecule has 6 nitrogen and oxygen atoms in total. The number of hydrogen-bond acceptors (Lipinski definition) is 4. The Balaban J connectivity index is 3.86. The van der Waals surface area contributed by atoms with E-state index in [0.29, 0.717) is 6.42 Å². The van der Waals surface area contributed by atoms with E-state index in [4.69, 9.17) is 0 Å². The van der Waals surface area contributed by atoms with Gasteiger partial charge in [0.05, 0.1) is 17.9 Å². The van der Waals surface area contributed by atoms with Crippen molar-refractivity contribution in [2.45, 2.75) is 251 Å². The zero-order valence-corrected chi connectivity index (χ0v) is 35.3. The minimum absolute atomic E-state index is 0.278. The van der Waals surface area contributed by atoms with Crippen molar-refractivity contribution in [3.05, 3.63) is 24.3 Å². The third kappa shape index (κ3) is 40.0. The molecule has 0 rings (SSSR count). The summed E-state index contributed by atoms with van der Waals surface area (Å²) < 4.78 is 32.6. The van der Waals surface area contributed by atoms with E-state index >= 15 is 0 Å². The van der Waals surface area contributed by atoms with Gasteiger partial charge in [-0.2, -0.15) is 8.42 Å². The molecule has 2 unspecified atom stereocenters. The van der Waals surface area contributed by atoms with Crippen molar-refractivity contribution in [1.82, 2.24) is 5.32 Å². The van der Waals surface area contributed by atoms with Gasteiger partial charge in [0, 0.05) is 6.42 Å². The lowest BCUT2D eigenvalue weighted by atomic mass is 10.0. The van der Waals surface area contributed by atoms with Crippen LogP contribution in [-0.4, -0.2) is 41.9 Å². The molecule has 52 heavy (non-hydrogen) atoms. The molecular formula is C45H87NO5S. The molecule has 0 spiro atoms. The van der Waals surface area contributed by atoms with Crippen molar-refractivity contribution in [3.8, 4) is 0 Å². The lowest BCUT2D eigenvalue weighted by Crippen LogP contribution is -2.46. The molecule has 1 amide bonds. The average molecular weight is 754 g/mol. The number of carbonyl (C=O) groups excluding carboxylic acids is 1. The summed E-state index contributed by atoms with van der Waals surface area (Å²) in [5.41, 5.74) is 0. The van der Waals surface area contributed by atoms with E-state index in [0.717, 1.165) is 38.5 Å². The molecular weight excluding hydrogens is 667 g/mol. The van der Waals surface area contributed by atoms with E-state index in [1.807, 2.05) is 6.08 Å². The second-order valence-corrected chi connectivity index (χ2v) is 17.2. The molecule has 0 aromatic carbocycles. The number of carbonyl (C=O) groups is 1. The number of nitrogens with one attached hydrogen (secondary N) is 1. The number of unbranched alkanes of at least 4 members (excludes halogenated alkanes) is 31. The maximum absolute atomic E-state index is 12.5. The van der Waals surface area contributed by atoms with Gasteiger partial charge in [0.15, 0.2) is 0 Å². The molecule has 0 fully saturated rings. The number of hydrogen-bond donors (Lipinski definition) is 3. The van der Waals surface area contributed by atoms with Crippen LogP contribution in [0.1, 0.15) is 239 Å². The van der Waals surface area contributed by atoms with Crippen molar-refractivity contribution in [1.29, 1.82) is 0 Å². The molecule has 0 aromatic rings. The largest absolute Gasteiger partial charge is 0.387 e. The smallest absolute Gasteiger partial charge is 0.267 e. The van der Waals surface area contributed by atoms with E-state index in [9.17, 15) is 22.9 Å². The predicted octanol–water partition coefficient (Wildman–Crippen LogP) is 13.5. The van der Waals surface area contributed by atoms with Crippen LogP contribution < -0.4 is 5.32 Å². The van der Waals surface area contributed by atoms with Crippen molar-refractivity contribution in [2.75, 3.05) is 5.75 Å². The Bertz CT molecular complexity index is 919. The highest BCUT2D eigenvalue weighted by Crippen LogP contribution is 2.15. The summed E-state index contributed by atoms with van der Waals surface area (Å²) in [7, 11) is -4.34. The maximum atomic E-state index is 12.5.